The number of hydrogen-bond acceptors (Lipinski definition) is 2. The SMILES string of the molecule is Cc1ccc(SC2CC3CC2C2COCC32)cc1. The molecule has 96 valence electrons. The van der Waals surface area contributed by atoms with Crippen LogP contribution in [-0.2, 0) is 4.74 Å². The van der Waals surface area contributed by atoms with Crippen LogP contribution in [0.4, 0.5) is 0 Å². The molecule has 0 radical (unpaired) electrons. The van der Waals surface area contributed by atoms with Crippen molar-refractivity contribution in [3.63, 3.8) is 0 Å². The van der Waals surface area contributed by atoms with Gasteiger partial charge in [-0.1, -0.05) is 17.7 Å². The standard InChI is InChI=1S/C16H20OS/c1-10-2-4-12(5-3-10)18-16-7-11-6-13(16)15-9-17-8-14(11)15/h2-5,11,13-16H,6-9H2,1H3. The van der Waals surface area contributed by atoms with Crippen LogP contribution >= 0.6 is 11.8 Å². The van der Waals surface area contributed by atoms with Crippen LogP contribution in [0.2, 0.25) is 0 Å². The monoisotopic (exact) mass is 260 g/mol. The maximum Gasteiger partial charge on any atom is 0.0501 e. The van der Waals surface area contributed by atoms with Gasteiger partial charge in [-0.3, -0.25) is 0 Å². The minimum Gasteiger partial charge on any atom is -0.381 e. The molecule has 1 nitrogen and oxygen atoms in total. The highest BCUT2D eigenvalue weighted by atomic mass is 32.2. The van der Waals surface area contributed by atoms with Gasteiger partial charge in [-0.25, -0.2) is 0 Å². The smallest absolute Gasteiger partial charge is 0.0501 e. The van der Waals surface area contributed by atoms with E-state index in [1.165, 1.54) is 23.3 Å². The molecule has 1 aliphatic heterocycles. The average Bonchev–Trinajstić information content (AvgIpc) is 3.03. The first-order valence-electron chi connectivity index (χ1n) is 7.12. The Morgan fingerprint density at radius 3 is 2.61 bits per heavy atom. The fraction of sp³-hybridized carbons (Fsp3) is 0.625. The van der Waals surface area contributed by atoms with E-state index in [9.17, 15) is 0 Å². The van der Waals surface area contributed by atoms with Crippen molar-refractivity contribution in [1.82, 2.24) is 0 Å². The minimum atomic E-state index is 0.848. The maximum atomic E-state index is 5.70. The van der Waals surface area contributed by atoms with Crippen molar-refractivity contribution in [2.45, 2.75) is 29.9 Å². The number of ether oxygens (including phenoxy) is 1. The van der Waals surface area contributed by atoms with Gasteiger partial charge in [0.05, 0.1) is 13.2 Å². The summed E-state index contributed by atoms with van der Waals surface area (Å²) in [4.78, 5) is 1.45. The average molecular weight is 260 g/mol. The number of fused-ring (bicyclic) bond motifs is 5. The zero-order valence-electron chi connectivity index (χ0n) is 10.8. The van der Waals surface area contributed by atoms with E-state index in [1.54, 1.807) is 0 Å². The van der Waals surface area contributed by atoms with Gasteiger partial charge < -0.3 is 4.74 Å². The highest BCUT2D eigenvalue weighted by Gasteiger charge is 2.54. The van der Waals surface area contributed by atoms with Gasteiger partial charge in [0.2, 0.25) is 0 Å². The molecule has 3 fully saturated rings. The molecule has 0 aromatic heterocycles. The Labute approximate surface area is 113 Å². The lowest BCUT2D eigenvalue weighted by Gasteiger charge is -2.29. The molecular weight excluding hydrogens is 240 g/mol. The van der Waals surface area contributed by atoms with Gasteiger partial charge in [-0.05, 0) is 55.6 Å². The number of hydrogen-bond donors (Lipinski definition) is 0. The molecule has 5 atom stereocenters. The third kappa shape index (κ3) is 1.73. The Morgan fingerprint density at radius 1 is 1.00 bits per heavy atom. The van der Waals surface area contributed by atoms with Crippen LogP contribution in [0.3, 0.4) is 0 Å². The van der Waals surface area contributed by atoms with Crippen molar-refractivity contribution >= 4 is 11.8 Å². The Kier molecular flexibility index (Phi) is 2.70. The molecule has 0 spiro atoms. The van der Waals surface area contributed by atoms with Crippen LogP contribution in [0.15, 0.2) is 29.2 Å². The summed E-state index contributed by atoms with van der Waals surface area (Å²) in [6, 6.07) is 9.04. The molecule has 1 saturated heterocycles. The quantitative estimate of drug-likeness (QED) is 0.801. The fourth-order valence-corrected chi connectivity index (χ4v) is 5.79. The number of benzene rings is 1. The van der Waals surface area contributed by atoms with Gasteiger partial charge in [-0.2, -0.15) is 0 Å². The van der Waals surface area contributed by atoms with Crippen molar-refractivity contribution in [3.05, 3.63) is 29.8 Å². The fourth-order valence-electron chi connectivity index (χ4n) is 4.31. The second-order valence-electron chi connectivity index (χ2n) is 6.23. The Morgan fingerprint density at radius 2 is 1.78 bits per heavy atom. The molecule has 1 heterocycles. The summed E-state index contributed by atoms with van der Waals surface area (Å²) in [5, 5.41) is 0.848. The van der Waals surface area contributed by atoms with Crippen molar-refractivity contribution in [2.75, 3.05) is 13.2 Å². The van der Waals surface area contributed by atoms with Crippen molar-refractivity contribution < 1.29 is 4.74 Å². The summed E-state index contributed by atoms with van der Waals surface area (Å²) in [5.74, 6) is 3.68. The topological polar surface area (TPSA) is 9.23 Å². The van der Waals surface area contributed by atoms with E-state index < -0.39 is 0 Å². The molecule has 5 unspecified atom stereocenters. The molecule has 2 bridgehead atoms. The van der Waals surface area contributed by atoms with Crippen molar-refractivity contribution in [3.8, 4) is 0 Å². The Balaban J connectivity index is 1.49. The summed E-state index contributed by atoms with van der Waals surface area (Å²) < 4.78 is 5.70. The van der Waals surface area contributed by atoms with Crippen molar-refractivity contribution in [1.29, 1.82) is 0 Å². The van der Waals surface area contributed by atoms with Gasteiger partial charge in [0.25, 0.3) is 0 Å². The summed E-state index contributed by atoms with van der Waals surface area (Å²) in [6.45, 7) is 4.25. The van der Waals surface area contributed by atoms with E-state index in [0.29, 0.717) is 0 Å². The molecule has 18 heavy (non-hydrogen) atoms. The lowest BCUT2D eigenvalue weighted by molar-refractivity contribution is 0.164. The van der Waals surface area contributed by atoms with E-state index in [1.807, 2.05) is 0 Å². The number of rotatable bonds is 2. The van der Waals surface area contributed by atoms with Crippen LogP contribution in [0, 0.1) is 30.6 Å². The zero-order valence-corrected chi connectivity index (χ0v) is 11.7. The van der Waals surface area contributed by atoms with Gasteiger partial charge in [0, 0.05) is 10.1 Å². The molecule has 0 N–H and O–H groups in total. The third-order valence-corrected chi connectivity index (χ3v) is 6.61. The highest BCUT2D eigenvalue weighted by Crippen LogP contribution is 2.58. The number of thioether (sulfide) groups is 1. The van der Waals surface area contributed by atoms with E-state index in [-0.39, 0.29) is 0 Å². The molecule has 1 aromatic carbocycles. The Bertz CT molecular complexity index is 441. The third-order valence-electron chi connectivity index (χ3n) is 5.22. The molecule has 0 amide bonds. The summed E-state index contributed by atoms with van der Waals surface area (Å²) in [5.41, 5.74) is 1.36. The molecule has 2 aliphatic carbocycles. The summed E-state index contributed by atoms with van der Waals surface area (Å²) in [7, 11) is 0. The van der Waals surface area contributed by atoms with E-state index in [2.05, 4.69) is 43.0 Å². The van der Waals surface area contributed by atoms with Crippen LogP contribution in [-0.4, -0.2) is 18.5 Å². The minimum absolute atomic E-state index is 0.848. The predicted octanol–water partition coefficient (Wildman–Crippen LogP) is 3.76. The molecular formula is C16H20OS. The first-order chi connectivity index (χ1) is 8.81. The summed E-state index contributed by atoms with van der Waals surface area (Å²) >= 11 is 2.12. The number of aryl methyl sites for hydroxylation is 1. The van der Waals surface area contributed by atoms with Crippen molar-refractivity contribution in [2.24, 2.45) is 23.7 Å². The second kappa shape index (κ2) is 4.28. The van der Waals surface area contributed by atoms with E-state index >= 15 is 0 Å². The maximum absolute atomic E-state index is 5.70. The molecule has 1 aromatic rings. The zero-order chi connectivity index (χ0) is 12.1. The lowest BCUT2D eigenvalue weighted by atomic mass is 9.81. The van der Waals surface area contributed by atoms with Crippen LogP contribution in [0.5, 0.6) is 0 Å². The van der Waals surface area contributed by atoms with E-state index in [0.717, 1.165) is 42.1 Å². The molecule has 3 aliphatic rings. The second-order valence-corrected chi connectivity index (χ2v) is 7.54. The first kappa shape index (κ1) is 11.4. The van der Waals surface area contributed by atoms with E-state index in [4.69, 9.17) is 4.74 Å². The van der Waals surface area contributed by atoms with Gasteiger partial charge >= 0.3 is 0 Å². The lowest BCUT2D eigenvalue weighted by Crippen LogP contribution is -2.28. The highest BCUT2D eigenvalue weighted by molar-refractivity contribution is 8.00. The van der Waals surface area contributed by atoms with Gasteiger partial charge in [-0.15, -0.1) is 11.8 Å². The van der Waals surface area contributed by atoms with Crippen LogP contribution < -0.4 is 0 Å². The summed E-state index contributed by atoms with van der Waals surface area (Å²) in [6.07, 6.45) is 2.90. The molecule has 2 saturated carbocycles. The normalized spacial score (nSPS) is 41.3. The molecule has 2 heteroatoms. The first-order valence-corrected chi connectivity index (χ1v) is 8.00. The Hall–Kier alpha value is -0.470. The van der Waals surface area contributed by atoms with Crippen LogP contribution in [0.25, 0.3) is 0 Å². The largest absolute Gasteiger partial charge is 0.381 e. The van der Waals surface area contributed by atoms with Crippen LogP contribution in [0.1, 0.15) is 18.4 Å². The van der Waals surface area contributed by atoms with Gasteiger partial charge in [0.1, 0.15) is 0 Å². The molecule has 4 rings (SSSR count). The van der Waals surface area contributed by atoms with Gasteiger partial charge in [0.15, 0.2) is 0 Å². The predicted molar refractivity (Wildman–Crippen MR) is 74.8 cm³/mol.